The van der Waals surface area contributed by atoms with Crippen molar-refractivity contribution in [3.8, 4) is 17.2 Å². The Morgan fingerprint density at radius 3 is 2.56 bits per heavy atom. The summed E-state index contributed by atoms with van der Waals surface area (Å²) in [4.78, 5) is 28.6. The van der Waals surface area contributed by atoms with Crippen molar-refractivity contribution in [2.45, 2.75) is 58.6 Å². The van der Waals surface area contributed by atoms with Gasteiger partial charge >= 0.3 is 0 Å². The third kappa shape index (κ3) is 5.94. The molecule has 214 valence electrons. The van der Waals surface area contributed by atoms with Crippen LogP contribution in [0.4, 0.5) is 0 Å². The number of unbranched alkanes of at least 4 members (excludes halogenated alkanes) is 1. The number of carbonyl (C=O) groups is 2. The number of Topliss-reactive ketones (excluding diaryl/α,β-unsaturated/α-hetero) is 1. The fourth-order valence-electron chi connectivity index (χ4n) is 5.49. The van der Waals surface area contributed by atoms with Gasteiger partial charge in [-0.3, -0.25) is 9.59 Å². The van der Waals surface area contributed by atoms with E-state index in [2.05, 4.69) is 6.92 Å². The molecule has 0 aromatic heterocycles. The number of carbonyl (C=O) groups excluding carboxylic acids is 2. The van der Waals surface area contributed by atoms with Crippen LogP contribution in [0.25, 0.3) is 5.76 Å². The topological polar surface area (TPSA) is 85.3 Å². The van der Waals surface area contributed by atoms with Crippen LogP contribution in [0.15, 0.2) is 72.3 Å². The molecule has 7 nitrogen and oxygen atoms in total. The fraction of sp³-hybridized carbons (Fsp3) is 0.353. The number of nitrogens with zero attached hydrogens (tertiary/aromatic N) is 1. The molecule has 2 heterocycles. The minimum absolute atomic E-state index is 0.0426. The Morgan fingerprint density at radius 1 is 1.00 bits per heavy atom. The maximum atomic E-state index is 13.6. The monoisotopic (exact) mass is 555 g/mol. The summed E-state index contributed by atoms with van der Waals surface area (Å²) < 4.78 is 17.7. The Bertz CT molecular complexity index is 1450. The van der Waals surface area contributed by atoms with Gasteiger partial charge in [0.15, 0.2) is 11.5 Å². The van der Waals surface area contributed by atoms with Gasteiger partial charge in [-0.2, -0.15) is 0 Å². The van der Waals surface area contributed by atoms with Gasteiger partial charge in [-0.15, -0.1) is 0 Å². The maximum Gasteiger partial charge on any atom is 0.295 e. The molecule has 5 rings (SSSR count). The number of fused-ring (bicyclic) bond motifs is 1. The molecule has 2 unspecified atom stereocenters. The SMILES string of the molecule is CCCCOc1ccc(C2/C(=C(\O)c3ccc4c(c3)CC(C)O4)C(=O)C(=O)N2CCc2ccccc2)cc1OCC. The molecule has 3 aromatic rings. The Balaban J connectivity index is 1.58. The van der Waals surface area contributed by atoms with Gasteiger partial charge < -0.3 is 24.2 Å². The molecular formula is C34H37NO6. The molecule has 0 spiro atoms. The van der Waals surface area contributed by atoms with E-state index in [0.29, 0.717) is 55.2 Å². The van der Waals surface area contributed by atoms with Crippen molar-refractivity contribution in [2.75, 3.05) is 19.8 Å². The van der Waals surface area contributed by atoms with E-state index in [0.717, 1.165) is 29.7 Å². The lowest BCUT2D eigenvalue weighted by molar-refractivity contribution is -0.139. The van der Waals surface area contributed by atoms with Crippen molar-refractivity contribution < 1.29 is 28.9 Å². The molecule has 3 aromatic carbocycles. The quantitative estimate of drug-likeness (QED) is 0.130. The third-order valence-corrected chi connectivity index (χ3v) is 7.53. The van der Waals surface area contributed by atoms with E-state index in [-0.39, 0.29) is 17.4 Å². The summed E-state index contributed by atoms with van der Waals surface area (Å²) in [5, 5.41) is 11.6. The highest BCUT2D eigenvalue weighted by Gasteiger charge is 2.46. The Labute approximate surface area is 241 Å². The molecule has 7 heteroatoms. The fourth-order valence-corrected chi connectivity index (χ4v) is 5.49. The van der Waals surface area contributed by atoms with E-state index in [9.17, 15) is 14.7 Å². The average Bonchev–Trinajstić information content (AvgIpc) is 3.48. The highest BCUT2D eigenvalue weighted by Crippen LogP contribution is 2.43. The molecule has 1 fully saturated rings. The molecule has 1 N–H and O–H groups in total. The van der Waals surface area contributed by atoms with Crippen LogP contribution in [0.1, 0.15) is 61.9 Å². The minimum Gasteiger partial charge on any atom is -0.507 e. The number of benzene rings is 3. The van der Waals surface area contributed by atoms with Gasteiger partial charge in [0, 0.05) is 18.5 Å². The zero-order chi connectivity index (χ0) is 28.9. The van der Waals surface area contributed by atoms with Gasteiger partial charge in [-0.25, -0.2) is 0 Å². The first-order chi connectivity index (χ1) is 19.9. The zero-order valence-electron chi connectivity index (χ0n) is 23.9. The molecule has 0 saturated carbocycles. The van der Waals surface area contributed by atoms with Crippen LogP contribution in [0.3, 0.4) is 0 Å². The van der Waals surface area contributed by atoms with Crippen LogP contribution in [0, 0.1) is 0 Å². The van der Waals surface area contributed by atoms with Gasteiger partial charge in [0.05, 0.1) is 24.8 Å². The molecule has 0 bridgehead atoms. The van der Waals surface area contributed by atoms with Gasteiger partial charge in [-0.1, -0.05) is 49.7 Å². The highest BCUT2D eigenvalue weighted by atomic mass is 16.5. The second-order valence-corrected chi connectivity index (χ2v) is 10.5. The Morgan fingerprint density at radius 2 is 1.80 bits per heavy atom. The van der Waals surface area contributed by atoms with E-state index in [4.69, 9.17) is 14.2 Å². The first-order valence-electron chi connectivity index (χ1n) is 14.4. The van der Waals surface area contributed by atoms with Crippen molar-refractivity contribution in [2.24, 2.45) is 0 Å². The summed E-state index contributed by atoms with van der Waals surface area (Å²) in [5.41, 5.74) is 3.23. The maximum absolute atomic E-state index is 13.6. The number of aliphatic hydroxyl groups is 1. The summed E-state index contributed by atoms with van der Waals surface area (Å²) in [7, 11) is 0. The normalized spacial score (nSPS) is 19.2. The van der Waals surface area contributed by atoms with Crippen molar-refractivity contribution in [1.82, 2.24) is 4.90 Å². The lowest BCUT2D eigenvalue weighted by Crippen LogP contribution is -2.31. The highest BCUT2D eigenvalue weighted by molar-refractivity contribution is 6.46. The molecule has 1 saturated heterocycles. The summed E-state index contributed by atoms with van der Waals surface area (Å²) in [6.45, 7) is 7.28. The minimum atomic E-state index is -0.786. The van der Waals surface area contributed by atoms with Gasteiger partial charge in [0.1, 0.15) is 17.6 Å². The van der Waals surface area contributed by atoms with Gasteiger partial charge in [0.25, 0.3) is 11.7 Å². The first kappa shape index (κ1) is 28.3. The standard InChI is InChI=1S/C34H37NO6/c1-4-6-18-40-28-15-12-24(21-29(28)39-5-2)31-30(32(36)25-13-14-27-26(20-25)19-22(3)41-27)33(37)34(38)35(31)17-16-23-10-8-7-9-11-23/h7-15,20-22,31,36H,4-6,16-19H2,1-3H3/b32-30+. The number of hydrogen-bond acceptors (Lipinski definition) is 6. The third-order valence-electron chi connectivity index (χ3n) is 7.53. The second kappa shape index (κ2) is 12.5. The van der Waals surface area contributed by atoms with Crippen LogP contribution >= 0.6 is 0 Å². The van der Waals surface area contributed by atoms with Crippen molar-refractivity contribution in [1.29, 1.82) is 0 Å². The number of hydrogen-bond donors (Lipinski definition) is 1. The largest absolute Gasteiger partial charge is 0.507 e. The van der Waals surface area contributed by atoms with Crippen molar-refractivity contribution in [3.63, 3.8) is 0 Å². The Hall–Kier alpha value is -4.26. The molecule has 2 aliphatic heterocycles. The van der Waals surface area contributed by atoms with E-state index in [1.54, 1.807) is 11.0 Å². The summed E-state index contributed by atoms with van der Waals surface area (Å²) in [6.07, 6.45) is 3.24. The number of amides is 1. The van der Waals surface area contributed by atoms with E-state index in [1.165, 1.54) is 0 Å². The first-order valence-corrected chi connectivity index (χ1v) is 14.4. The van der Waals surface area contributed by atoms with Crippen LogP contribution < -0.4 is 14.2 Å². The molecular weight excluding hydrogens is 518 g/mol. The smallest absolute Gasteiger partial charge is 0.295 e. The second-order valence-electron chi connectivity index (χ2n) is 10.5. The summed E-state index contributed by atoms with van der Waals surface area (Å²) in [5.74, 6) is 0.392. The lowest BCUT2D eigenvalue weighted by atomic mass is 9.94. The number of likely N-dealkylation sites (tertiary alicyclic amines) is 1. The van der Waals surface area contributed by atoms with Gasteiger partial charge in [-0.05, 0) is 73.7 Å². The summed E-state index contributed by atoms with van der Waals surface area (Å²) in [6, 6.07) is 19.9. The van der Waals surface area contributed by atoms with E-state index in [1.807, 2.05) is 74.5 Å². The van der Waals surface area contributed by atoms with Crippen LogP contribution in [-0.2, 0) is 22.4 Å². The number of ether oxygens (including phenoxy) is 3. The molecule has 2 atom stereocenters. The van der Waals surface area contributed by atoms with E-state index >= 15 is 0 Å². The summed E-state index contributed by atoms with van der Waals surface area (Å²) >= 11 is 0. The van der Waals surface area contributed by atoms with Crippen LogP contribution in [0.5, 0.6) is 17.2 Å². The molecule has 0 aliphatic carbocycles. The van der Waals surface area contributed by atoms with Crippen molar-refractivity contribution >= 4 is 17.4 Å². The molecule has 41 heavy (non-hydrogen) atoms. The molecule has 1 amide bonds. The van der Waals surface area contributed by atoms with Crippen LogP contribution in [-0.4, -0.2) is 47.6 Å². The molecule has 2 aliphatic rings. The average molecular weight is 556 g/mol. The van der Waals surface area contributed by atoms with Crippen molar-refractivity contribution in [3.05, 3.63) is 94.6 Å². The predicted molar refractivity (Wildman–Crippen MR) is 157 cm³/mol. The number of ketones is 1. The van der Waals surface area contributed by atoms with Crippen LogP contribution in [0.2, 0.25) is 0 Å². The Kier molecular flexibility index (Phi) is 8.62. The zero-order valence-corrected chi connectivity index (χ0v) is 23.9. The van der Waals surface area contributed by atoms with E-state index < -0.39 is 17.7 Å². The number of aliphatic hydroxyl groups excluding tert-OH is 1. The lowest BCUT2D eigenvalue weighted by Gasteiger charge is -2.26. The number of rotatable bonds is 11. The predicted octanol–water partition coefficient (Wildman–Crippen LogP) is 6.25. The molecule has 0 radical (unpaired) electrons. The van der Waals surface area contributed by atoms with Gasteiger partial charge in [0.2, 0.25) is 0 Å².